The summed E-state index contributed by atoms with van der Waals surface area (Å²) in [5.41, 5.74) is 0. The van der Waals surface area contributed by atoms with Crippen LogP contribution in [0.5, 0.6) is 0 Å². The summed E-state index contributed by atoms with van der Waals surface area (Å²) in [5.74, 6) is -0.479. The van der Waals surface area contributed by atoms with Crippen LogP contribution in [0.15, 0.2) is 0 Å². The molecule has 0 aromatic rings. The molecule has 0 atom stereocenters. The first-order chi connectivity index (χ1) is 11.5. The van der Waals surface area contributed by atoms with Gasteiger partial charge in [-0.05, 0) is 26.7 Å². The van der Waals surface area contributed by atoms with Gasteiger partial charge in [-0.2, -0.15) is 0 Å². The van der Waals surface area contributed by atoms with E-state index in [0.29, 0.717) is 45.7 Å². The second kappa shape index (κ2) is 10.9. The SMILES string of the molecule is CCOC(=O)CCN(C(=O)COC)C1CCN(C(=O)OCC)CC1. The van der Waals surface area contributed by atoms with E-state index in [4.69, 9.17) is 14.2 Å². The quantitative estimate of drug-likeness (QED) is 0.612. The summed E-state index contributed by atoms with van der Waals surface area (Å²) in [5, 5.41) is 0. The van der Waals surface area contributed by atoms with Crippen molar-refractivity contribution >= 4 is 18.0 Å². The average molecular weight is 344 g/mol. The van der Waals surface area contributed by atoms with Gasteiger partial charge in [0.05, 0.1) is 19.6 Å². The predicted octanol–water partition coefficient (Wildman–Crippen LogP) is 1.04. The minimum Gasteiger partial charge on any atom is -0.466 e. The molecule has 1 aliphatic heterocycles. The highest BCUT2D eigenvalue weighted by Gasteiger charge is 2.30. The van der Waals surface area contributed by atoms with Crippen LogP contribution in [0.3, 0.4) is 0 Å². The minimum atomic E-state index is -0.323. The lowest BCUT2D eigenvalue weighted by Gasteiger charge is -2.38. The Morgan fingerprint density at radius 2 is 1.71 bits per heavy atom. The second-order valence-electron chi connectivity index (χ2n) is 5.49. The van der Waals surface area contributed by atoms with Crippen molar-refractivity contribution in [3.8, 4) is 0 Å². The lowest BCUT2D eigenvalue weighted by atomic mass is 10.0. The van der Waals surface area contributed by atoms with E-state index < -0.39 is 0 Å². The van der Waals surface area contributed by atoms with E-state index in [1.165, 1.54) is 7.11 Å². The first-order valence-electron chi connectivity index (χ1n) is 8.39. The molecule has 0 spiro atoms. The van der Waals surface area contributed by atoms with E-state index in [1.54, 1.807) is 23.6 Å². The molecule has 1 fully saturated rings. The standard InChI is InChI=1S/C16H28N2O6/c1-4-23-15(20)8-11-18(14(19)12-22-3)13-6-9-17(10-7-13)16(21)24-5-2/h13H,4-12H2,1-3H3. The van der Waals surface area contributed by atoms with E-state index in [-0.39, 0.29) is 37.0 Å². The summed E-state index contributed by atoms with van der Waals surface area (Å²) < 4.78 is 14.8. The van der Waals surface area contributed by atoms with Crippen molar-refractivity contribution < 1.29 is 28.6 Å². The number of nitrogens with zero attached hydrogens (tertiary/aromatic N) is 2. The second-order valence-corrected chi connectivity index (χ2v) is 5.49. The van der Waals surface area contributed by atoms with Gasteiger partial charge in [-0.1, -0.05) is 0 Å². The maximum atomic E-state index is 12.3. The summed E-state index contributed by atoms with van der Waals surface area (Å²) in [6, 6.07) is -0.0206. The molecule has 0 aromatic heterocycles. The van der Waals surface area contributed by atoms with Crippen molar-refractivity contribution in [1.29, 1.82) is 0 Å². The predicted molar refractivity (Wildman–Crippen MR) is 86.5 cm³/mol. The molecule has 0 N–H and O–H groups in total. The van der Waals surface area contributed by atoms with Gasteiger partial charge in [-0.3, -0.25) is 9.59 Å². The molecule has 0 saturated carbocycles. The fraction of sp³-hybridized carbons (Fsp3) is 0.812. The summed E-state index contributed by atoms with van der Waals surface area (Å²) in [7, 11) is 1.46. The molecule has 2 amide bonds. The van der Waals surface area contributed by atoms with E-state index >= 15 is 0 Å². The first kappa shape index (κ1) is 20.2. The number of rotatable bonds is 8. The molecule has 8 heteroatoms. The molecular formula is C16H28N2O6. The lowest BCUT2D eigenvalue weighted by Crippen LogP contribution is -2.50. The third-order valence-electron chi connectivity index (χ3n) is 3.88. The Kier molecular flexibility index (Phi) is 9.14. The third-order valence-corrected chi connectivity index (χ3v) is 3.88. The van der Waals surface area contributed by atoms with E-state index in [1.807, 2.05) is 0 Å². The highest BCUT2D eigenvalue weighted by atomic mass is 16.6. The number of amides is 2. The number of methoxy groups -OCH3 is 1. The Balaban J connectivity index is 2.59. The minimum absolute atomic E-state index is 0.0206. The summed E-state index contributed by atoms with van der Waals surface area (Å²) >= 11 is 0. The molecule has 1 heterocycles. The Hall–Kier alpha value is -1.83. The number of likely N-dealkylation sites (tertiary alicyclic amines) is 1. The molecule has 0 radical (unpaired) electrons. The largest absolute Gasteiger partial charge is 0.466 e. The molecule has 1 aliphatic rings. The topological polar surface area (TPSA) is 85.4 Å². The van der Waals surface area contributed by atoms with Crippen molar-refractivity contribution in [2.45, 2.75) is 39.2 Å². The zero-order chi connectivity index (χ0) is 17.9. The molecule has 1 rings (SSSR count). The van der Waals surface area contributed by atoms with Gasteiger partial charge in [0.2, 0.25) is 5.91 Å². The molecule has 8 nitrogen and oxygen atoms in total. The van der Waals surface area contributed by atoms with Gasteiger partial charge in [0.1, 0.15) is 6.61 Å². The lowest BCUT2D eigenvalue weighted by molar-refractivity contribution is -0.145. The van der Waals surface area contributed by atoms with Gasteiger partial charge in [-0.25, -0.2) is 4.79 Å². The van der Waals surface area contributed by atoms with Gasteiger partial charge < -0.3 is 24.0 Å². The number of carbonyl (C=O) groups is 3. The van der Waals surface area contributed by atoms with Crippen LogP contribution < -0.4 is 0 Å². The Bertz CT molecular complexity index is 421. The highest BCUT2D eigenvalue weighted by Crippen LogP contribution is 2.18. The maximum absolute atomic E-state index is 12.3. The number of hydrogen-bond donors (Lipinski definition) is 0. The van der Waals surface area contributed by atoms with E-state index in [2.05, 4.69) is 0 Å². The van der Waals surface area contributed by atoms with Crippen LogP contribution in [0.1, 0.15) is 33.1 Å². The van der Waals surface area contributed by atoms with Gasteiger partial charge in [0, 0.05) is 32.8 Å². The molecule has 138 valence electrons. The Labute approximate surface area is 143 Å². The van der Waals surface area contributed by atoms with Crippen molar-refractivity contribution in [3.05, 3.63) is 0 Å². The third kappa shape index (κ3) is 6.35. The fourth-order valence-corrected chi connectivity index (χ4v) is 2.74. The number of piperidine rings is 1. The van der Waals surface area contributed by atoms with Gasteiger partial charge >= 0.3 is 12.1 Å². The van der Waals surface area contributed by atoms with Crippen LogP contribution in [0, 0.1) is 0 Å². The van der Waals surface area contributed by atoms with Crippen LogP contribution in [0.4, 0.5) is 4.79 Å². The van der Waals surface area contributed by atoms with Crippen molar-refractivity contribution in [2.24, 2.45) is 0 Å². The molecule has 0 bridgehead atoms. The van der Waals surface area contributed by atoms with Gasteiger partial charge in [-0.15, -0.1) is 0 Å². The molecule has 24 heavy (non-hydrogen) atoms. The number of hydrogen-bond acceptors (Lipinski definition) is 6. The Morgan fingerprint density at radius 3 is 2.25 bits per heavy atom. The number of carbonyl (C=O) groups excluding carboxylic acids is 3. The van der Waals surface area contributed by atoms with E-state index in [9.17, 15) is 14.4 Å². The first-order valence-corrected chi connectivity index (χ1v) is 8.39. The normalized spacial score (nSPS) is 15.0. The zero-order valence-electron chi connectivity index (χ0n) is 14.8. The fourth-order valence-electron chi connectivity index (χ4n) is 2.74. The smallest absolute Gasteiger partial charge is 0.409 e. The van der Waals surface area contributed by atoms with Gasteiger partial charge in [0.25, 0.3) is 0 Å². The number of esters is 1. The summed E-state index contributed by atoms with van der Waals surface area (Å²) in [6.07, 6.45) is 1.13. The molecular weight excluding hydrogens is 316 g/mol. The van der Waals surface area contributed by atoms with Crippen LogP contribution >= 0.6 is 0 Å². The van der Waals surface area contributed by atoms with Crippen LogP contribution in [0.25, 0.3) is 0 Å². The van der Waals surface area contributed by atoms with Crippen LogP contribution in [0.2, 0.25) is 0 Å². The maximum Gasteiger partial charge on any atom is 0.409 e. The zero-order valence-corrected chi connectivity index (χ0v) is 14.8. The summed E-state index contributed by atoms with van der Waals surface area (Å²) in [6.45, 7) is 5.51. The van der Waals surface area contributed by atoms with Crippen molar-refractivity contribution in [2.75, 3.05) is 46.6 Å². The Morgan fingerprint density at radius 1 is 1.08 bits per heavy atom. The van der Waals surface area contributed by atoms with Gasteiger partial charge in [0.15, 0.2) is 0 Å². The van der Waals surface area contributed by atoms with Crippen molar-refractivity contribution in [3.63, 3.8) is 0 Å². The monoisotopic (exact) mass is 344 g/mol. The molecule has 0 unspecified atom stereocenters. The average Bonchev–Trinajstić information content (AvgIpc) is 2.56. The molecule has 1 saturated heterocycles. The number of ether oxygens (including phenoxy) is 3. The van der Waals surface area contributed by atoms with Crippen molar-refractivity contribution in [1.82, 2.24) is 9.80 Å². The molecule has 0 aromatic carbocycles. The van der Waals surface area contributed by atoms with Crippen LogP contribution in [-0.4, -0.2) is 80.4 Å². The van der Waals surface area contributed by atoms with Crippen LogP contribution in [-0.2, 0) is 23.8 Å². The highest BCUT2D eigenvalue weighted by molar-refractivity contribution is 5.78. The van der Waals surface area contributed by atoms with E-state index in [0.717, 1.165) is 0 Å². The summed E-state index contributed by atoms with van der Waals surface area (Å²) in [4.78, 5) is 38.9. The molecule has 0 aliphatic carbocycles.